The van der Waals surface area contributed by atoms with Crippen molar-refractivity contribution in [2.75, 3.05) is 5.32 Å². The van der Waals surface area contributed by atoms with E-state index >= 15 is 0 Å². The van der Waals surface area contributed by atoms with E-state index < -0.39 is 20.6 Å². The Labute approximate surface area is 180 Å². The summed E-state index contributed by atoms with van der Waals surface area (Å²) in [4.78, 5) is -0.444. The van der Waals surface area contributed by atoms with Crippen LogP contribution < -0.4 is 5.32 Å². The summed E-state index contributed by atoms with van der Waals surface area (Å²) in [7, 11) is -4.08. The number of sulfone groups is 1. The molecule has 3 aromatic carbocycles. The fraction of sp³-hybridized carbons (Fsp3) is 0.0870. The minimum Gasteiger partial charge on any atom is -0.346 e. The van der Waals surface area contributed by atoms with E-state index in [9.17, 15) is 18.1 Å². The van der Waals surface area contributed by atoms with Gasteiger partial charge in [0.25, 0.3) is 0 Å². The van der Waals surface area contributed by atoms with E-state index in [1.54, 1.807) is 24.3 Å². The number of aryl methyl sites for hydroxylation is 1. The van der Waals surface area contributed by atoms with E-state index in [-0.39, 0.29) is 15.6 Å². The maximum atomic E-state index is 14.2. The SMILES string of the molecule is Cc1cccc(CS/C(Nc2ccccc2F)=C(\C#N)S(=O)(=O)c2ccccc2)c1. The fourth-order valence-corrected chi connectivity index (χ4v) is 5.27. The van der Waals surface area contributed by atoms with Gasteiger partial charge in [0.05, 0.1) is 10.6 Å². The molecule has 0 aliphatic heterocycles. The summed E-state index contributed by atoms with van der Waals surface area (Å²) >= 11 is 1.14. The number of hydrogen-bond donors (Lipinski definition) is 1. The summed E-state index contributed by atoms with van der Waals surface area (Å²) in [5.41, 5.74) is 2.13. The zero-order valence-corrected chi connectivity index (χ0v) is 17.8. The molecule has 0 fully saturated rings. The van der Waals surface area contributed by atoms with Crippen LogP contribution in [-0.2, 0) is 15.6 Å². The molecule has 152 valence electrons. The molecule has 3 aromatic rings. The van der Waals surface area contributed by atoms with Crippen molar-refractivity contribution in [3.8, 4) is 6.07 Å². The third-order valence-corrected chi connectivity index (χ3v) is 7.15. The molecule has 0 aliphatic rings. The first-order chi connectivity index (χ1) is 14.4. The highest BCUT2D eigenvalue weighted by molar-refractivity contribution is 8.04. The standard InChI is InChI=1S/C23H19FN2O2S2/c1-17-8-7-9-18(14-17)16-29-23(26-21-13-6-5-12-20(21)24)22(15-25)30(27,28)19-10-3-2-4-11-19/h2-14,26H,16H2,1H3/b23-22+. The van der Waals surface area contributed by atoms with Crippen LogP contribution in [0.25, 0.3) is 0 Å². The number of rotatable bonds is 7. The highest BCUT2D eigenvalue weighted by Gasteiger charge is 2.26. The lowest BCUT2D eigenvalue weighted by Crippen LogP contribution is -2.11. The van der Waals surface area contributed by atoms with Crippen LogP contribution in [0.4, 0.5) is 10.1 Å². The van der Waals surface area contributed by atoms with Gasteiger partial charge >= 0.3 is 0 Å². The van der Waals surface area contributed by atoms with Crippen LogP contribution >= 0.6 is 11.8 Å². The molecule has 0 aromatic heterocycles. The van der Waals surface area contributed by atoms with Crippen LogP contribution in [0.1, 0.15) is 11.1 Å². The molecule has 0 atom stereocenters. The number of nitriles is 1. The lowest BCUT2D eigenvalue weighted by Gasteiger charge is -2.14. The van der Waals surface area contributed by atoms with E-state index in [0.717, 1.165) is 22.9 Å². The highest BCUT2D eigenvalue weighted by Crippen LogP contribution is 2.32. The lowest BCUT2D eigenvalue weighted by molar-refractivity contribution is 0.603. The molecule has 0 bridgehead atoms. The quantitative estimate of drug-likeness (QED) is 0.483. The zero-order chi connectivity index (χ0) is 21.6. The molecule has 0 unspecified atom stereocenters. The Hall–Kier alpha value is -3.08. The first-order valence-electron chi connectivity index (χ1n) is 9.06. The molecule has 0 aliphatic carbocycles. The van der Waals surface area contributed by atoms with Crippen molar-refractivity contribution in [1.82, 2.24) is 0 Å². The van der Waals surface area contributed by atoms with E-state index in [1.807, 2.05) is 37.3 Å². The Morgan fingerprint density at radius 3 is 2.40 bits per heavy atom. The third kappa shape index (κ3) is 5.09. The number of hydrogen-bond acceptors (Lipinski definition) is 5. The maximum Gasteiger partial charge on any atom is 0.219 e. The summed E-state index contributed by atoms with van der Waals surface area (Å²) in [5.74, 6) is -0.130. The van der Waals surface area contributed by atoms with E-state index in [4.69, 9.17) is 0 Å². The molecule has 0 saturated heterocycles. The highest BCUT2D eigenvalue weighted by atomic mass is 32.2. The maximum absolute atomic E-state index is 14.2. The molecule has 3 rings (SSSR count). The number of benzene rings is 3. The van der Waals surface area contributed by atoms with Gasteiger partial charge in [-0.05, 0) is 36.8 Å². The number of anilines is 1. The van der Waals surface area contributed by atoms with Gasteiger partial charge in [-0.3, -0.25) is 0 Å². The Bertz CT molecular complexity index is 1220. The second-order valence-electron chi connectivity index (χ2n) is 6.47. The van der Waals surface area contributed by atoms with Crippen LogP contribution in [0, 0.1) is 24.1 Å². The number of nitrogens with one attached hydrogen (secondary N) is 1. The van der Waals surface area contributed by atoms with Crippen molar-refractivity contribution in [2.24, 2.45) is 0 Å². The monoisotopic (exact) mass is 438 g/mol. The van der Waals surface area contributed by atoms with Gasteiger partial charge < -0.3 is 5.32 Å². The van der Waals surface area contributed by atoms with Gasteiger partial charge in [0.15, 0.2) is 4.91 Å². The summed E-state index contributed by atoms with van der Waals surface area (Å²) in [6.45, 7) is 1.96. The van der Waals surface area contributed by atoms with E-state index in [2.05, 4.69) is 5.32 Å². The first kappa shape index (κ1) is 21.6. The topological polar surface area (TPSA) is 70.0 Å². The molecule has 7 heteroatoms. The summed E-state index contributed by atoms with van der Waals surface area (Å²) in [6, 6.07) is 23.2. The molecule has 0 saturated carbocycles. The molecule has 0 amide bonds. The minimum absolute atomic E-state index is 0.00513. The van der Waals surface area contributed by atoms with Gasteiger partial charge in [-0.25, -0.2) is 12.8 Å². The largest absolute Gasteiger partial charge is 0.346 e. The van der Waals surface area contributed by atoms with Gasteiger partial charge in [-0.1, -0.05) is 60.2 Å². The van der Waals surface area contributed by atoms with E-state index in [0.29, 0.717) is 5.75 Å². The second-order valence-corrected chi connectivity index (χ2v) is 9.34. The van der Waals surface area contributed by atoms with Crippen molar-refractivity contribution in [1.29, 1.82) is 5.26 Å². The van der Waals surface area contributed by atoms with Crippen LogP contribution in [-0.4, -0.2) is 8.42 Å². The van der Waals surface area contributed by atoms with E-state index in [1.165, 1.54) is 30.3 Å². The zero-order valence-electron chi connectivity index (χ0n) is 16.2. The van der Waals surface area contributed by atoms with Crippen molar-refractivity contribution >= 4 is 27.3 Å². The summed E-state index contributed by atoms with van der Waals surface area (Å²) < 4.78 is 40.5. The summed E-state index contributed by atoms with van der Waals surface area (Å²) in [5, 5.41) is 12.6. The smallest absolute Gasteiger partial charge is 0.219 e. The average molecular weight is 439 g/mol. The number of thioether (sulfide) groups is 1. The van der Waals surface area contributed by atoms with Crippen LogP contribution in [0.5, 0.6) is 0 Å². The number of halogens is 1. The van der Waals surface area contributed by atoms with Crippen LogP contribution in [0.3, 0.4) is 0 Å². The predicted molar refractivity (Wildman–Crippen MR) is 119 cm³/mol. The Morgan fingerprint density at radius 1 is 1.03 bits per heavy atom. The first-order valence-corrected chi connectivity index (χ1v) is 11.5. The van der Waals surface area contributed by atoms with Gasteiger partial charge in [-0.15, -0.1) is 11.8 Å². The Morgan fingerprint density at radius 2 is 1.73 bits per heavy atom. The number of allylic oxidation sites excluding steroid dienone is 1. The average Bonchev–Trinajstić information content (AvgIpc) is 2.74. The molecule has 4 nitrogen and oxygen atoms in total. The Balaban J connectivity index is 2.06. The van der Waals surface area contributed by atoms with Gasteiger partial charge in [0.2, 0.25) is 9.84 Å². The van der Waals surface area contributed by atoms with Crippen LogP contribution in [0.2, 0.25) is 0 Å². The molecule has 0 heterocycles. The van der Waals surface area contributed by atoms with Crippen molar-refractivity contribution in [3.63, 3.8) is 0 Å². The van der Waals surface area contributed by atoms with Crippen molar-refractivity contribution < 1.29 is 12.8 Å². The normalized spacial score (nSPS) is 12.0. The minimum atomic E-state index is -4.08. The lowest BCUT2D eigenvalue weighted by atomic mass is 10.2. The van der Waals surface area contributed by atoms with Gasteiger partial charge in [-0.2, -0.15) is 5.26 Å². The molecule has 1 N–H and O–H groups in total. The number of nitrogens with zero attached hydrogens (tertiary/aromatic N) is 1. The van der Waals surface area contributed by atoms with Crippen LogP contribution in [0.15, 0.2) is 93.7 Å². The predicted octanol–water partition coefficient (Wildman–Crippen LogP) is 5.65. The Kier molecular flexibility index (Phi) is 6.93. The molecular weight excluding hydrogens is 419 g/mol. The van der Waals surface area contributed by atoms with Gasteiger partial charge in [0, 0.05) is 5.75 Å². The number of para-hydroxylation sites is 1. The van der Waals surface area contributed by atoms with Crippen molar-refractivity contribution in [2.45, 2.75) is 17.6 Å². The van der Waals surface area contributed by atoms with Crippen molar-refractivity contribution in [3.05, 3.63) is 106 Å². The fourth-order valence-electron chi connectivity index (χ4n) is 2.75. The van der Waals surface area contributed by atoms with Gasteiger partial charge in [0.1, 0.15) is 16.9 Å². The second kappa shape index (κ2) is 9.61. The third-order valence-electron chi connectivity index (χ3n) is 4.22. The summed E-state index contributed by atoms with van der Waals surface area (Å²) in [6.07, 6.45) is 0. The molecule has 30 heavy (non-hydrogen) atoms. The molecule has 0 spiro atoms. The molecule has 0 radical (unpaired) electrons. The molecular formula is C23H19FN2O2S2.